The van der Waals surface area contributed by atoms with Gasteiger partial charge in [-0.2, -0.15) is 0 Å². The first-order chi connectivity index (χ1) is 8.18. The van der Waals surface area contributed by atoms with Crippen molar-refractivity contribution in [2.75, 3.05) is 12.3 Å². The molecule has 0 radical (unpaired) electrons. The lowest BCUT2D eigenvalue weighted by Crippen LogP contribution is -2.37. The average molecular weight is 233 g/mol. The average Bonchev–Trinajstić information content (AvgIpc) is 2.82. The minimum atomic E-state index is -0.303. The van der Waals surface area contributed by atoms with Crippen LogP contribution in [0, 0.1) is 5.41 Å². The molecule has 0 bridgehead atoms. The molecule has 1 aromatic rings. The first-order valence-corrected chi connectivity index (χ1v) is 6.11. The Morgan fingerprint density at radius 1 is 1.41 bits per heavy atom. The molecule has 1 aliphatic carbocycles. The van der Waals surface area contributed by atoms with Gasteiger partial charge in [0.25, 0.3) is 0 Å². The van der Waals surface area contributed by atoms with Gasteiger partial charge in [0, 0.05) is 30.1 Å². The van der Waals surface area contributed by atoms with Gasteiger partial charge in [-0.1, -0.05) is 18.9 Å². The van der Waals surface area contributed by atoms with Crippen molar-refractivity contribution in [2.45, 2.75) is 32.1 Å². The highest BCUT2D eigenvalue weighted by molar-refractivity contribution is 5.88. The lowest BCUT2D eigenvalue weighted by atomic mass is 9.79. The minimum Gasteiger partial charge on any atom is -0.383 e. The van der Waals surface area contributed by atoms with E-state index in [-0.39, 0.29) is 11.2 Å². The molecule has 0 atom stereocenters. The largest absolute Gasteiger partial charge is 0.383 e. The molecule has 0 amide bonds. The lowest BCUT2D eigenvalue weighted by molar-refractivity contribution is -0.127. The standard InChI is InChI=1S/C13H19N3O/c14-9-13(5-1-2-6-13)11(17)8-10-4-3-7-16-12(10)15/h3-4,7H,1-2,5-6,8-9,14H2,(H2,15,16). The summed E-state index contributed by atoms with van der Waals surface area (Å²) < 4.78 is 0. The molecular formula is C13H19N3O. The Labute approximate surface area is 101 Å². The monoisotopic (exact) mass is 233 g/mol. The number of anilines is 1. The summed E-state index contributed by atoms with van der Waals surface area (Å²) in [6, 6.07) is 3.67. The summed E-state index contributed by atoms with van der Waals surface area (Å²) in [7, 11) is 0. The number of Topliss-reactive ketones (excluding diaryl/α,β-unsaturated/α-hetero) is 1. The van der Waals surface area contributed by atoms with Crippen molar-refractivity contribution in [1.82, 2.24) is 4.98 Å². The number of nitrogens with two attached hydrogens (primary N) is 2. The van der Waals surface area contributed by atoms with E-state index in [2.05, 4.69) is 4.98 Å². The van der Waals surface area contributed by atoms with Crippen molar-refractivity contribution in [1.29, 1.82) is 0 Å². The van der Waals surface area contributed by atoms with Crippen LogP contribution in [0.4, 0.5) is 5.82 Å². The van der Waals surface area contributed by atoms with Crippen molar-refractivity contribution in [3.05, 3.63) is 23.9 Å². The SMILES string of the molecule is NCC1(C(=O)Cc2cccnc2N)CCCC1. The number of carbonyl (C=O) groups excluding carboxylic acids is 1. The van der Waals surface area contributed by atoms with E-state index in [1.165, 1.54) is 0 Å². The fourth-order valence-corrected chi connectivity index (χ4v) is 2.61. The van der Waals surface area contributed by atoms with Gasteiger partial charge in [0.15, 0.2) is 0 Å². The Morgan fingerprint density at radius 2 is 2.12 bits per heavy atom. The summed E-state index contributed by atoms with van der Waals surface area (Å²) in [6.07, 6.45) is 6.04. The van der Waals surface area contributed by atoms with Crippen molar-refractivity contribution in [3.63, 3.8) is 0 Å². The molecular weight excluding hydrogens is 214 g/mol. The summed E-state index contributed by atoms with van der Waals surface area (Å²) >= 11 is 0. The molecule has 0 spiro atoms. The third kappa shape index (κ3) is 2.31. The molecule has 4 N–H and O–H groups in total. The predicted molar refractivity (Wildman–Crippen MR) is 67.3 cm³/mol. The Kier molecular flexibility index (Phi) is 3.43. The maximum Gasteiger partial charge on any atom is 0.144 e. The third-order valence-corrected chi connectivity index (χ3v) is 3.82. The van der Waals surface area contributed by atoms with Crippen LogP contribution in [0.15, 0.2) is 18.3 Å². The fourth-order valence-electron chi connectivity index (χ4n) is 2.61. The van der Waals surface area contributed by atoms with E-state index < -0.39 is 0 Å². The summed E-state index contributed by atoms with van der Waals surface area (Å²) in [5.74, 6) is 0.670. The van der Waals surface area contributed by atoms with Crippen molar-refractivity contribution < 1.29 is 4.79 Å². The second kappa shape index (κ2) is 4.84. The van der Waals surface area contributed by atoms with Gasteiger partial charge in [0.2, 0.25) is 0 Å². The maximum absolute atomic E-state index is 12.4. The van der Waals surface area contributed by atoms with E-state index in [0.717, 1.165) is 31.2 Å². The van der Waals surface area contributed by atoms with E-state index in [1.54, 1.807) is 6.20 Å². The Hall–Kier alpha value is -1.42. The van der Waals surface area contributed by atoms with Crippen LogP contribution in [0.25, 0.3) is 0 Å². The van der Waals surface area contributed by atoms with Crippen molar-refractivity contribution in [3.8, 4) is 0 Å². The van der Waals surface area contributed by atoms with Gasteiger partial charge in [0.05, 0.1) is 0 Å². The molecule has 4 heteroatoms. The quantitative estimate of drug-likeness (QED) is 0.821. The van der Waals surface area contributed by atoms with Gasteiger partial charge in [-0.25, -0.2) is 4.98 Å². The lowest BCUT2D eigenvalue weighted by Gasteiger charge is -2.25. The van der Waals surface area contributed by atoms with Crippen LogP contribution in [0.2, 0.25) is 0 Å². The molecule has 0 aromatic carbocycles. The van der Waals surface area contributed by atoms with Gasteiger partial charge >= 0.3 is 0 Å². The van der Waals surface area contributed by atoms with E-state index >= 15 is 0 Å². The smallest absolute Gasteiger partial charge is 0.144 e. The molecule has 1 saturated carbocycles. The number of rotatable bonds is 4. The van der Waals surface area contributed by atoms with Gasteiger partial charge in [0.1, 0.15) is 11.6 Å². The number of ketones is 1. The van der Waals surface area contributed by atoms with Gasteiger partial charge < -0.3 is 11.5 Å². The molecule has 1 heterocycles. The van der Waals surface area contributed by atoms with Gasteiger partial charge in [-0.05, 0) is 18.9 Å². The first kappa shape index (κ1) is 12.0. The van der Waals surface area contributed by atoms with Crippen LogP contribution in [-0.2, 0) is 11.2 Å². The summed E-state index contributed by atoms with van der Waals surface area (Å²) in [5.41, 5.74) is 12.1. The highest BCUT2D eigenvalue weighted by Crippen LogP contribution is 2.38. The molecule has 2 rings (SSSR count). The topological polar surface area (TPSA) is 82.0 Å². The molecule has 17 heavy (non-hydrogen) atoms. The molecule has 1 aliphatic rings. The summed E-state index contributed by atoms with van der Waals surface area (Å²) in [5, 5.41) is 0. The number of hydrogen-bond acceptors (Lipinski definition) is 4. The molecule has 4 nitrogen and oxygen atoms in total. The molecule has 1 aromatic heterocycles. The van der Waals surface area contributed by atoms with Crippen LogP contribution < -0.4 is 11.5 Å². The van der Waals surface area contributed by atoms with E-state index in [4.69, 9.17) is 11.5 Å². The van der Waals surface area contributed by atoms with Crippen LogP contribution >= 0.6 is 0 Å². The number of carbonyl (C=O) groups is 1. The molecule has 0 saturated heterocycles. The number of aromatic nitrogens is 1. The molecule has 92 valence electrons. The van der Waals surface area contributed by atoms with Crippen molar-refractivity contribution in [2.24, 2.45) is 11.1 Å². The Morgan fingerprint density at radius 3 is 2.71 bits per heavy atom. The summed E-state index contributed by atoms with van der Waals surface area (Å²) in [6.45, 7) is 0.450. The zero-order valence-electron chi connectivity index (χ0n) is 9.98. The molecule has 0 unspecified atom stereocenters. The minimum absolute atomic E-state index is 0.220. The van der Waals surface area contributed by atoms with E-state index in [0.29, 0.717) is 18.8 Å². The fraction of sp³-hybridized carbons (Fsp3) is 0.538. The van der Waals surface area contributed by atoms with Gasteiger partial charge in [-0.15, -0.1) is 0 Å². The molecule has 0 aliphatic heterocycles. The second-order valence-corrected chi connectivity index (χ2v) is 4.84. The zero-order valence-corrected chi connectivity index (χ0v) is 9.98. The van der Waals surface area contributed by atoms with Crippen LogP contribution in [0.3, 0.4) is 0 Å². The second-order valence-electron chi connectivity index (χ2n) is 4.84. The third-order valence-electron chi connectivity index (χ3n) is 3.82. The Balaban J connectivity index is 2.14. The number of nitrogen functional groups attached to an aromatic ring is 1. The van der Waals surface area contributed by atoms with Crippen LogP contribution in [0.5, 0.6) is 0 Å². The van der Waals surface area contributed by atoms with Crippen molar-refractivity contribution >= 4 is 11.6 Å². The Bertz CT molecular complexity index is 411. The first-order valence-electron chi connectivity index (χ1n) is 6.11. The normalized spacial score (nSPS) is 18.2. The molecule has 1 fully saturated rings. The van der Waals surface area contributed by atoms with Crippen LogP contribution in [-0.4, -0.2) is 17.3 Å². The zero-order chi connectivity index (χ0) is 12.3. The highest BCUT2D eigenvalue weighted by Gasteiger charge is 2.39. The van der Waals surface area contributed by atoms with E-state index in [9.17, 15) is 4.79 Å². The number of pyridine rings is 1. The summed E-state index contributed by atoms with van der Waals surface area (Å²) in [4.78, 5) is 16.4. The number of nitrogens with zero attached hydrogens (tertiary/aromatic N) is 1. The van der Waals surface area contributed by atoms with Gasteiger partial charge in [-0.3, -0.25) is 4.79 Å². The van der Waals surface area contributed by atoms with Crippen LogP contribution in [0.1, 0.15) is 31.2 Å². The number of hydrogen-bond donors (Lipinski definition) is 2. The van der Waals surface area contributed by atoms with E-state index in [1.807, 2.05) is 12.1 Å². The highest BCUT2D eigenvalue weighted by atomic mass is 16.1. The predicted octanol–water partition coefficient (Wildman–Crippen LogP) is 1.29. The maximum atomic E-state index is 12.4.